The first kappa shape index (κ1) is 27.0. The highest BCUT2D eigenvalue weighted by Gasteiger charge is 2.30. The smallest absolute Gasteiger partial charge is 0.328 e. The van der Waals surface area contributed by atoms with Crippen LogP contribution in [0.1, 0.15) is 73.4 Å². The van der Waals surface area contributed by atoms with Gasteiger partial charge in [0.15, 0.2) is 0 Å². The van der Waals surface area contributed by atoms with E-state index < -0.39 is 11.5 Å². The second-order valence-electron chi connectivity index (χ2n) is 10.8. The van der Waals surface area contributed by atoms with Crippen LogP contribution in [0.5, 0.6) is 0 Å². The molecule has 1 aliphatic carbocycles. The van der Waals surface area contributed by atoms with E-state index >= 15 is 0 Å². The molecule has 40 heavy (non-hydrogen) atoms. The maximum atomic E-state index is 13.3. The minimum absolute atomic E-state index is 0.352. The van der Waals surface area contributed by atoms with Crippen LogP contribution in [-0.2, 0) is 9.59 Å². The molecule has 1 saturated carbocycles. The molecule has 1 fully saturated rings. The summed E-state index contributed by atoms with van der Waals surface area (Å²) in [6.07, 6.45) is 11.9. The van der Waals surface area contributed by atoms with Crippen LogP contribution in [0.2, 0.25) is 0 Å². The van der Waals surface area contributed by atoms with Crippen LogP contribution < -0.4 is 10.6 Å². The lowest BCUT2D eigenvalue weighted by molar-refractivity contribution is -0.131. The Morgan fingerprint density at radius 1 is 1.02 bits per heavy atom. The molecule has 0 atom stereocenters. The molecule has 8 nitrogen and oxygen atoms in total. The summed E-state index contributed by atoms with van der Waals surface area (Å²) >= 11 is 0. The molecule has 0 saturated heterocycles. The molecule has 4 N–H and O–H groups in total. The van der Waals surface area contributed by atoms with Crippen LogP contribution in [0.15, 0.2) is 71.6 Å². The molecule has 206 valence electrons. The highest BCUT2D eigenvalue weighted by molar-refractivity contribution is 6.05. The van der Waals surface area contributed by atoms with E-state index in [2.05, 4.69) is 15.6 Å². The van der Waals surface area contributed by atoms with E-state index in [1.807, 2.05) is 24.3 Å². The summed E-state index contributed by atoms with van der Waals surface area (Å²) in [6.45, 7) is 3.30. The number of hydrogen-bond donors (Lipinski definition) is 4. The van der Waals surface area contributed by atoms with E-state index in [9.17, 15) is 14.4 Å². The number of carbonyl (C=O) groups is 3. The van der Waals surface area contributed by atoms with E-state index in [0.717, 1.165) is 41.1 Å². The first-order chi connectivity index (χ1) is 19.2. The Morgan fingerprint density at radius 2 is 1.77 bits per heavy atom. The number of benzene rings is 2. The average Bonchev–Trinajstić information content (AvgIpc) is 3.60. The fourth-order valence-electron chi connectivity index (χ4n) is 5.36. The van der Waals surface area contributed by atoms with Crippen LogP contribution in [0.4, 0.5) is 5.69 Å². The minimum Gasteiger partial charge on any atom is -0.478 e. The SMILES string of the molecule is CC(C)(NC(=O)c1ccc2c(C3CCCCC3)c(-c3ccoc3)[nH]c2c1)C(=O)Nc1ccc(/C=C/C(=O)O)cc1. The topological polar surface area (TPSA) is 124 Å². The van der Waals surface area contributed by atoms with Gasteiger partial charge in [-0.15, -0.1) is 0 Å². The minimum atomic E-state index is -1.20. The van der Waals surface area contributed by atoms with Crippen molar-refractivity contribution in [3.8, 4) is 11.3 Å². The van der Waals surface area contributed by atoms with Gasteiger partial charge in [0.05, 0.1) is 18.2 Å². The number of aromatic nitrogens is 1. The van der Waals surface area contributed by atoms with Gasteiger partial charge in [-0.25, -0.2) is 4.79 Å². The molecule has 0 spiro atoms. The van der Waals surface area contributed by atoms with Crippen LogP contribution in [0.25, 0.3) is 28.2 Å². The van der Waals surface area contributed by atoms with Crippen molar-refractivity contribution in [1.29, 1.82) is 0 Å². The zero-order valence-corrected chi connectivity index (χ0v) is 22.6. The van der Waals surface area contributed by atoms with Gasteiger partial charge in [0.1, 0.15) is 5.54 Å². The summed E-state index contributed by atoms with van der Waals surface area (Å²) in [6, 6.07) is 14.4. The molecule has 2 aromatic heterocycles. The van der Waals surface area contributed by atoms with Crippen molar-refractivity contribution in [2.24, 2.45) is 0 Å². The number of fused-ring (bicyclic) bond motifs is 1. The van der Waals surface area contributed by atoms with Gasteiger partial charge in [-0.2, -0.15) is 0 Å². The summed E-state index contributed by atoms with van der Waals surface area (Å²) in [4.78, 5) is 40.6. The van der Waals surface area contributed by atoms with Crippen molar-refractivity contribution in [1.82, 2.24) is 10.3 Å². The van der Waals surface area contributed by atoms with Crippen molar-refractivity contribution >= 4 is 40.4 Å². The van der Waals surface area contributed by atoms with Crippen molar-refractivity contribution in [3.63, 3.8) is 0 Å². The molecular formula is C32H33N3O5. The highest BCUT2D eigenvalue weighted by atomic mass is 16.4. The van der Waals surface area contributed by atoms with Crippen molar-refractivity contribution in [2.45, 2.75) is 57.4 Å². The highest BCUT2D eigenvalue weighted by Crippen LogP contribution is 2.42. The molecule has 0 bridgehead atoms. The number of furan rings is 1. The quantitative estimate of drug-likeness (QED) is 0.185. The molecule has 5 rings (SSSR count). The van der Waals surface area contributed by atoms with Crippen LogP contribution in [-0.4, -0.2) is 33.4 Å². The zero-order chi connectivity index (χ0) is 28.3. The lowest BCUT2D eigenvalue weighted by atomic mass is 9.82. The van der Waals surface area contributed by atoms with Gasteiger partial charge < -0.3 is 25.1 Å². The first-order valence-corrected chi connectivity index (χ1v) is 13.5. The number of anilines is 1. The fraction of sp³-hybridized carbons (Fsp3) is 0.281. The molecule has 1 aliphatic rings. The summed E-state index contributed by atoms with van der Waals surface area (Å²) < 4.78 is 5.37. The number of amides is 2. The molecule has 0 radical (unpaired) electrons. The van der Waals surface area contributed by atoms with E-state index in [4.69, 9.17) is 9.52 Å². The predicted molar refractivity (Wildman–Crippen MR) is 155 cm³/mol. The molecule has 0 aliphatic heterocycles. The van der Waals surface area contributed by atoms with Crippen molar-refractivity contribution < 1.29 is 23.9 Å². The number of hydrogen-bond acceptors (Lipinski definition) is 4. The molecule has 2 heterocycles. The number of carbonyl (C=O) groups excluding carboxylic acids is 2. The van der Waals surface area contributed by atoms with E-state index in [1.165, 1.54) is 30.9 Å². The number of carboxylic acids is 1. The Labute approximate surface area is 232 Å². The van der Waals surface area contributed by atoms with E-state index in [0.29, 0.717) is 22.7 Å². The largest absolute Gasteiger partial charge is 0.478 e. The summed E-state index contributed by atoms with van der Waals surface area (Å²) in [5.41, 5.74) is 4.68. The van der Waals surface area contributed by atoms with Gasteiger partial charge in [0.2, 0.25) is 5.91 Å². The van der Waals surface area contributed by atoms with Crippen LogP contribution in [0, 0.1) is 0 Å². The predicted octanol–water partition coefficient (Wildman–Crippen LogP) is 6.72. The number of H-pyrrole nitrogens is 1. The third-order valence-electron chi connectivity index (χ3n) is 7.50. The van der Waals surface area contributed by atoms with Gasteiger partial charge in [-0.1, -0.05) is 37.5 Å². The average molecular weight is 540 g/mol. The standard InChI is InChI=1S/C32H33N3O5/c1-32(2,31(39)33-24-12-8-20(9-13-24)10-15-27(36)37)35-30(38)22-11-14-25-26(18-22)34-29(23-16-17-40-19-23)28(25)21-6-4-3-5-7-21/h8-19,21,34H,3-7H2,1-2H3,(H,33,39)(H,35,38)(H,36,37)/b15-10+. The van der Waals surface area contributed by atoms with Crippen LogP contribution >= 0.6 is 0 Å². The number of aliphatic carboxylic acids is 1. The van der Waals surface area contributed by atoms with E-state index in [1.54, 1.807) is 50.6 Å². The molecule has 0 unspecified atom stereocenters. The molecular weight excluding hydrogens is 506 g/mol. The zero-order valence-electron chi connectivity index (χ0n) is 22.6. The number of carboxylic acid groups (broad SMARTS) is 1. The third kappa shape index (κ3) is 5.86. The fourth-order valence-corrected chi connectivity index (χ4v) is 5.36. The van der Waals surface area contributed by atoms with Crippen molar-refractivity contribution in [3.05, 3.63) is 83.8 Å². The van der Waals surface area contributed by atoms with E-state index in [-0.39, 0.29) is 11.8 Å². The summed E-state index contributed by atoms with van der Waals surface area (Å²) in [7, 11) is 0. The summed E-state index contributed by atoms with van der Waals surface area (Å²) in [5.74, 6) is -1.31. The van der Waals surface area contributed by atoms with Gasteiger partial charge in [-0.3, -0.25) is 9.59 Å². The Balaban J connectivity index is 1.33. The van der Waals surface area contributed by atoms with Gasteiger partial charge in [0.25, 0.3) is 5.91 Å². The maximum absolute atomic E-state index is 13.3. The van der Waals surface area contributed by atoms with Gasteiger partial charge in [0, 0.05) is 33.8 Å². The Bertz CT molecular complexity index is 1560. The van der Waals surface area contributed by atoms with Gasteiger partial charge in [-0.05, 0) is 80.1 Å². The number of nitrogens with one attached hydrogen (secondary N) is 3. The van der Waals surface area contributed by atoms with Crippen molar-refractivity contribution in [2.75, 3.05) is 5.32 Å². The molecule has 4 aromatic rings. The first-order valence-electron chi connectivity index (χ1n) is 13.5. The second-order valence-corrected chi connectivity index (χ2v) is 10.8. The lowest BCUT2D eigenvalue weighted by Crippen LogP contribution is -2.52. The number of rotatable bonds is 8. The maximum Gasteiger partial charge on any atom is 0.328 e. The lowest BCUT2D eigenvalue weighted by Gasteiger charge is -2.25. The molecule has 2 amide bonds. The summed E-state index contributed by atoms with van der Waals surface area (Å²) in [5, 5.41) is 15.5. The third-order valence-corrected chi connectivity index (χ3v) is 7.50. The number of aromatic amines is 1. The molecule has 2 aromatic carbocycles. The monoisotopic (exact) mass is 539 g/mol. The Morgan fingerprint density at radius 3 is 2.45 bits per heavy atom. The Hall–Kier alpha value is -4.59. The van der Waals surface area contributed by atoms with Crippen LogP contribution in [0.3, 0.4) is 0 Å². The normalized spacial score (nSPS) is 14.4. The second kappa shape index (κ2) is 11.3. The Kier molecular flexibility index (Phi) is 7.60. The van der Waals surface area contributed by atoms with Gasteiger partial charge >= 0.3 is 5.97 Å². The molecule has 8 heteroatoms.